The van der Waals surface area contributed by atoms with Crippen molar-refractivity contribution in [2.75, 3.05) is 13.1 Å². The second kappa shape index (κ2) is 13.2. The van der Waals surface area contributed by atoms with Crippen molar-refractivity contribution >= 4 is 28.6 Å². The van der Waals surface area contributed by atoms with Crippen molar-refractivity contribution in [3.8, 4) is 16.9 Å². The number of nitrogens with one attached hydrogen (secondary N) is 4. The first-order valence-corrected chi connectivity index (χ1v) is 13.9. The van der Waals surface area contributed by atoms with E-state index in [1.807, 2.05) is 38.1 Å². The van der Waals surface area contributed by atoms with Gasteiger partial charge in [-0.25, -0.2) is 13.6 Å². The van der Waals surface area contributed by atoms with Gasteiger partial charge in [-0.15, -0.1) is 0 Å². The van der Waals surface area contributed by atoms with E-state index in [2.05, 4.69) is 20.6 Å². The maximum absolute atomic E-state index is 15.1. The zero-order chi connectivity index (χ0) is 29.7. The first-order chi connectivity index (χ1) is 19.5. The summed E-state index contributed by atoms with van der Waals surface area (Å²) in [6.07, 6.45) is 4.14. The van der Waals surface area contributed by atoms with E-state index in [9.17, 15) is 9.18 Å². The molecule has 0 saturated carbocycles. The van der Waals surface area contributed by atoms with Crippen LogP contribution in [0.4, 0.5) is 8.78 Å². The van der Waals surface area contributed by atoms with Gasteiger partial charge in [0.05, 0.1) is 11.4 Å². The summed E-state index contributed by atoms with van der Waals surface area (Å²) in [7, 11) is 0. The molecule has 0 aliphatic rings. The van der Waals surface area contributed by atoms with E-state index >= 15 is 4.39 Å². The van der Waals surface area contributed by atoms with Crippen LogP contribution in [0.5, 0.6) is 0 Å². The maximum Gasteiger partial charge on any atom is 0.354 e. The molecule has 0 radical (unpaired) electrons. The molecule has 9 nitrogen and oxygen atoms in total. The van der Waals surface area contributed by atoms with Gasteiger partial charge in [-0.05, 0) is 81.5 Å². The Morgan fingerprint density at radius 1 is 1.15 bits per heavy atom. The summed E-state index contributed by atoms with van der Waals surface area (Å²) in [5.41, 5.74) is 13.3. The molecule has 0 saturated heterocycles. The molecule has 0 fully saturated rings. The minimum Gasteiger partial charge on any atom is -0.370 e. The second-order valence-electron chi connectivity index (χ2n) is 10.2. The van der Waals surface area contributed by atoms with Crippen LogP contribution in [-0.2, 0) is 6.42 Å². The molecule has 0 spiro atoms. The van der Waals surface area contributed by atoms with Gasteiger partial charge < -0.3 is 27.1 Å². The van der Waals surface area contributed by atoms with E-state index in [-0.39, 0.29) is 29.3 Å². The first kappa shape index (κ1) is 30.2. The van der Waals surface area contributed by atoms with E-state index < -0.39 is 22.3 Å². The lowest BCUT2D eigenvalue weighted by molar-refractivity contribution is 0.555. The van der Waals surface area contributed by atoms with E-state index in [0.717, 1.165) is 18.5 Å². The molecule has 0 aliphatic carbocycles. The molecular formula is C29H35ClF2N8O. The van der Waals surface area contributed by atoms with Gasteiger partial charge in [0.1, 0.15) is 16.5 Å². The molecule has 2 atom stereocenters. The van der Waals surface area contributed by atoms with Crippen molar-refractivity contribution in [2.24, 2.45) is 11.5 Å². The molecule has 0 unspecified atom stereocenters. The van der Waals surface area contributed by atoms with E-state index in [1.165, 1.54) is 10.6 Å². The maximum atomic E-state index is 15.1. The number of hydrogen-bond acceptors (Lipinski definition) is 5. The fourth-order valence-corrected chi connectivity index (χ4v) is 4.87. The lowest BCUT2D eigenvalue weighted by atomic mass is 10.0. The number of aromatic amines is 1. The Morgan fingerprint density at radius 2 is 1.88 bits per heavy atom. The molecule has 218 valence electrons. The van der Waals surface area contributed by atoms with Crippen molar-refractivity contribution in [2.45, 2.75) is 51.6 Å². The van der Waals surface area contributed by atoms with Crippen LogP contribution in [0.15, 0.2) is 47.4 Å². The van der Waals surface area contributed by atoms with Crippen LogP contribution in [-0.4, -0.2) is 39.6 Å². The van der Waals surface area contributed by atoms with Crippen LogP contribution >= 0.6 is 11.6 Å². The third-order valence-corrected chi connectivity index (χ3v) is 7.25. The van der Waals surface area contributed by atoms with Gasteiger partial charge in [-0.1, -0.05) is 23.7 Å². The molecule has 2 aromatic carbocycles. The summed E-state index contributed by atoms with van der Waals surface area (Å²) in [6.45, 7) is 5.27. The second-order valence-corrected chi connectivity index (χ2v) is 10.6. The number of hydrogen-bond donors (Lipinski definition) is 6. The Bertz CT molecular complexity index is 1580. The topological polar surface area (TPSA) is 151 Å². The van der Waals surface area contributed by atoms with E-state index in [0.29, 0.717) is 48.1 Å². The zero-order valence-corrected chi connectivity index (χ0v) is 23.8. The number of guanidine groups is 1. The number of aryl methyl sites for hydroxylation is 1. The quantitative estimate of drug-likeness (QED) is 0.0624. The van der Waals surface area contributed by atoms with E-state index in [1.54, 1.807) is 12.3 Å². The molecule has 0 aliphatic heterocycles. The van der Waals surface area contributed by atoms with Crippen LogP contribution < -0.4 is 27.8 Å². The SMILES string of the molecule is C[C@H](N)CCCc1cc(-c2cc3cn(-c4ccc([C@H](C)NCCCNC(=N)N)cc4)c(=O)nc3[nH]2)c(F)c(Cl)c1F. The van der Waals surface area contributed by atoms with Gasteiger partial charge in [-0.3, -0.25) is 9.98 Å². The van der Waals surface area contributed by atoms with Gasteiger partial charge in [0, 0.05) is 35.8 Å². The minimum atomic E-state index is -0.879. The predicted octanol–water partition coefficient (Wildman–Crippen LogP) is 4.51. The van der Waals surface area contributed by atoms with Crippen LogP contribution in [0.1, 0.15) is 50.3 Å². The highest BCUT2D eigenvalue weighted by Crippen LogP contribution is 2.33. The normalized spacial score (nSPS) is 12.9. The monoisotopic (exact) mass is 584 g/mol. The van der Waals surface area contributed by atoms with Crippen molar-refractivity contribution < 1.29 is 8.78 Å². The molecular weight excluding hydrogens is 550 g/mol. The molecule has 0 bridgehead atoms. The third kappa shape index (κ3) is 7.29. The smallest absolute Gasteiger partial charge is 0.354 e. The summed E-state index contributed by atoms with van der Waals surface area (Å²) in [5.74, 6) is -1.70. The van der Waals surface area contributed by atoms with Gasteiger partial charge in [0.25, 0.3) is 0 Å². The largest absolute Gasteiger partial charge is 0.370 e. The van der Waals surface area contributed by atoms with Crippen molar-refractivity contribution in [1.29, 1.82) is 5.41 Å². The van der Waals surface area contributed by atoms with Crippen molar-refractivity contribution in [1.82, 2.24) is 25.2 Å². The standard InChI is InChI=1S/C29H35ClF2N8O/c1-16(33)5-3-6-19-13-22(26(32)24(30)25(19)31)23-14-20-15-40(29(41)39-27(20)38-23)21-9-7-18(8-10-21)17(2)36-11-4-12-37-28(34)35/h7-10,13-17,36H,3-6,11-12,33H2,1-2H3,(H4,34,35,37)(H,38,39,41)/t16-,17-/m0/s1. The van der Waals surface area contributed by atoms with Crippen LogP contribution in [0.25, 0.3) is 28.0 Å². The fraction of sp³-hybridized carbons (Fsp3) is 0.345. The molecule has 4 aromatic rings. The minimum absolute atomic E-state index is 0.0235. The molecule has 2 aromatic heterocycles. The Hall–Kier alpha value is -3.80. The lowest BCUT2D eigenvalue weighted by Gasteiger charge is -2.15. The fourth-order valence-electron chi connectivity index (χ4n) is 4.64. The Kier molecular flexibility index (Phi) is 9.74. The Labute approximate surface area is 241 Å². The number of nitrogens with two attached hydrogens (primary N) is 2. The highest BCUT2D eigenvalue weighted by atomic mass is 35.5. The van der Waals surface area contributed by atoms with Crippen LogP contribution in [0.3, 0.4) is 0 Å². The number of halogens is 3. The number of fused-ring (bicyclic) bond motifs is 1. The zero-order valence-electron chi connectivity index (χ0n) is 23.0. The van der Waals surface area contributed by atoms with E-state index in [4.69, 9.17) is 28.5 Å². The number of rotatable bonds is 12. The third-order valence-electron chi connectivity index (χ3n) is 6.92. The molecule has 8 N–H and O–H groups in total. The van der Waals surface area contributed by atoms with Gasteiger partial charge >= 0.3 is 5.69 Å². The average Bonchev–Trinajstić information content (AvgIpc) is 3.34. The summed E-state index contributed by atoms with van der Waals surface area (Å²) in [6, 6.07) is 10.7. The summed E-state index contributed by atoms with van der Waals surface area (Å²) < 4.78 is 31.2. The average molecular weight is 585 g/mol. The summed E-state index contributed by atoms with van der Waals surface area (Å²) in [4.78, 5) is 20.0. The molecule has 4 rings (SSSR count). The number of H-pyrrole nitrogens is 1. The molecule has 12 heteroatoms. The predicted molar refractivity (Wildman–Crippen MR) is 160 cm³/mol. The summed E-state index contributed by atoms with van der Waals surface area (Å²) >= 11 is 6.02. The first-order valence-electron chi connectivity index (χ1n) is 13.5. The van der Waals surface area contributed by atoms with Gasteiger partial charge in [0.2, 0.25) is 0 Å². The van der Waals surface area contributed by atoms with Gasteiger partial charge in [0.15, 0.2) is 11.8 Å². The molecule has 41 heavy (non-hydrogen) atoms. The highest BCUT2D eigenvalue weighted by molar-refractivity contribution is 6.31. The molecule has 0 amide bonds. The number of benzene rings is 2. The van der Waals surface area contributed by atoms with Crippen molar-refractivity contribution in [3.05, 3.63) is 80.9 Å². The van der Waals surface area contributed by atoms with Crippen LogP contribution in [0, 0.1) is 17.0 Å². The Balaban J connectivity index is 1.55. The number of aromatic nitrogens is 3. The highest BCUT2D eigenvalue weighted by Gasteiger charge is 2.20. The number of nitrogens with zero attached hydrogens (tertiary/aromatic N) is 2. The molecule has 2 heterocycles. The Morgan fingerprint density at radius 3 is 2.56 bits per heavy atom. The summed E-state index contributed by atoms with van der Waals surface area (Å²) in [5, 5.41) is 13.4. The van der Waals surface area contributed by atoms with Crippen LogP contribution in [0.2, 0.25) is 5.02 Å². The lowest BCUT2D eigenvalue weighted by Crippen LogP contribution is -2.32. The van der Waals surface area contributed by atoms with Gasteiger partial charge in [-0.2, -0.15) is 4.98 Å². The van der Waals surface area contributed by atoms with Crippen molar-refractivity contribution in [3.63, 3.8) is 0 Å².